The summed E-state index contributed by atoms with van der Waals surface area (Å²) in [6, 6.07) is 11.0. The van der Waals surface area contributed by atoms with Gasteiger partial charge in [-0.15, -0.1) is 0 Å². The molecular formula is C17H16. The molecule has 17 heavy (non-hydrogen) atoms. The lowest BCUT2D eigenvalue weighted by atomic mass is 10.0. The highest BCUT2D eigenvalue weighted by Gasteiger charge is 2.07. The maximum absolute atomic E-state index is 2.31. The molecule has 0 fully saturated rings. The van der Waals surface area contributed by atoms with Crippen LogP contribution in [0.5, 0.6) is 0 Å². The summed E-state index contributed by atoms with van der Waals surface area (Å²) < 4.78 is 0. The third-order valence-electron chi connectivity index (χ3n) is 3.41. The van der Waals surface area contributed by atoms with E-state index in [4.69, 9.17) is 0 Å². The van der Waals surface area contributed by atoms with E-state index in [9.17, 15) is 0 Å². The number of fused-ring (bicyclic) bond motifs is 3. The van der Waals surface area contributed by atoms with Crippen LogP contribution in [0.15, 0.2) is 35.9 Å². The summed E-state index contributed by atoms with van der Waals surface area (Å²) in [4.78, 5) is 0. The Balaban J connectivity index is 2.63. The Bertz CT molecular complexity index is 754. The topological polar surface area (TPSA) is 0 Å². The Morgan fingerprint density at radius 2 is 1.76 bits per heavy atom. The molecule has 0 unspecified atom stereocenters. The lowest BCUT2D eigenvalue weighted by Gasteiger charge is -2.04. The van der Waals surface area contributed by atoms with Crippen molar-refractivity contribution in [3.05, 3.63) is 51.9 Å². The highest BCUT2D eigenvalue weighted by Crippen LogP contribution is 2.20. The van der Waals surface area contributed by atoms with E-state index in [-0.39, 0.29) is 0 Å². The molecule has 0 amide bonds. The zero-order valence-corrected chi connectivity index (χ0v) is 10.5. The van der Waals surface area contributed by atoms with Crippen LogP contribution in [-0.2, 0) is 0 Å². The van der Waals surface area contributed by atoms with Crippen LogP contribution in [0.3, 0.4) is 0 Å². The molecule has 2 aromatic carbocycles. The lowest BCUT2D eigenvalue weighted by Crippen LogP contribution is -2.27. The van der Waals surface area contributed by atoms with Crippen molar-refractivity contribution < 1.29 is 0 Å². The third kappa shape index (κ3) is 1.52. The van der Waals surface area contributed by atoms with E-state index in [1.165, 1.54) is 37.9 Å². The summed E-state index contributed by atoms with van der Waals surface area (Å²) in [5.41, 5.74) is 4.11. The molecule has 0 N–H and O–H groups in total. The maximum Gasteiger partial charge on any atom is -0.00967 e. The molecule has 2 aromatic rings. The fourth-order valence-corrected chi connectivity index (χ4v) is 2.61. The Kier molecular flexibility index (Phi) is 2.19. The first kappa shape index (κ1) is 10.3. The van der Waals surface area contributed by atoms with Gasteiger partial charge < -0.3 is 0 Å². The first-order chi connectivity index (χ1) is 8.16. The highest BCUT2D eigenvalue weighted by molar-refractivity contribution is 5.94. The maximum atomic E-state index is 2.31. The summed E-state index contributed by atoms with van der Waals surface area (Å²) in [6.07, 6.45) is 4.59. The van der Waals surface area contributed by atoms with Gasteiger partial charge in [-0.1, -0.05) is 42.0 Å². The molecule has 1 aliphatic rings. The molecule has 0 heterocycles. The quantitative estimate of drug-likeness (QED) is 0.639. The Labute approximate surface area is 102 Å². The molecule has 0 nitrogen and oxygen atoms in total. The normalized spacial score (nSPS) is 13.2. The molecule has 0 saturated heterocycles. The molecule has 0 bridgehead atoms. The van der Waals surface area contributed by atoms with Gasteiger partial charge in [0.25, 0.3) is 0 Å². The van der Waals surface area contributed by atoms with Gasteiger partial charge in [-0.3, -0.25) is 0 Å². The van der Waals surface area contributed by atoms with E-state index in [1.807, 2.05) is 0 Å². The smallest absolute Gasteiger partial charge is 0.00967 e. The molecule has 0 aromatic heterocycles. The monoisotopic (exact) mass is 220 g/mol. The summed E-state index contributed by atoms with van der Waals surface area (Å²) in [7, 11) is 0. The van der Waals surface area contributed by atoms with E-state index >= 15 is 0 Å². The highest BCUT2D eigenvalue weighted by atomic mass is 14.1. The van der Waals surface area contributed by atoms with E-state index < -0.39 is 0 Å². The average molecular weight is 220 g/mol. The Hall–Kier alpha value is -1.82. The molecule has 0 radical (unpaired) electrons. The first-order valence-electron chi connectivity index (χ1n) is 6.06. The zero-order valence-electron chi connectivity index (χ0n) is 10.5. The fraction of sp³-hybridized carbons (Fsp3) is 0.176. The van der Waals surface area contributed by atoms with Crippen molar-refractivity contribution in [3.8, 4) is 0 Å². The predicted molar refractivity (Wildman–Crippen MR) is 76.1 cm³/mol. The van der Waals surface area contributed by atoms with Crippen molar-refractivity contribution in [3.63, 3.8) is 0 Å². The van der Waals surface area contributed by atoms with Gasteiger partial charge in [0.2, 0.25) is 0 Å². The van der Waals surface area contributed by atoms with E-state index in [1.54, 1.807) is 0 Å². The van der Waals surface area contributed by atoms with Crippen molar-refractivity contribution in [1.82, 2.24) is 0 Å². The van der Waals surface area contributed by atoms with Gasteiger partial charge in [-0.25, -0.2) is 0 Å². The van der Waals surface area contributed by atoms with Crippen molar-refractivity contribution in [1.29, 1.82) is 0 Å². The third-order valence-corrected chi connectivity index (χ3v) is 3.41. The summed E-state index contributed by atoms with van der Waals surface area (Å²) in [6.45, 7) is 6.54. The molecular weight excluding hydrogens is 204 g/mol. The van der Waals surface area contributed by atoms with E-state index in [0.29, 0.717) is 0 Å². The first-order valence-corrected chi connectivity index (χ1v) is 6.06. The predicted octanol–water partition coefficient (Wildman–Crippen LogP) is 3.23. The van der Waals surface area contributed by atoms with Gasteiger partial charge in [-0.2, -0.15) is 0 Å². The van der Waals surface area contributed by atoms with Crippen molar-refractivity contribution in [2.45, 2.75) is 20.8 Å². The second kappa shape index (κ2) is 3.59. The van der Waals surface area contributed by atoms with Crippen LogP contribution in [0.25, 0.3) is 28.5 Å². The summed E-state index contributed by atoms with van der Waals surface area (Å²) >= 11 is 0. The van der Waals surface area contributed by atoms with Crippen molar-refractivity contribution >= 4 is 28.5 Å². The van der Waals surface area contributed by atoms with Crippen LogP contribution in [0.1, 0.15) is 26.3 Å². The molecule has 1 aliphatic carbocycles. The lowest BCUT2D eigenvalue weighted by molar-refractivity contribution is 1.46. The van der Waals surface area contributed by atoms with Gasteiger partial charge in [0, 0.05) is 0 Å². The summed E-state index contributed by atoms with van der Waals surface area (Å²) in [5.74, 6) is 0. The minimum Gasteiger partial charge on any atom is -0.0685 e. The van der Waals surface area contributed by atoms with Crippen LogP contribution in [-0.4, -0.2) is 0 Å². The van der Waals surface area contributed by atoms with Crippen LogP contribution >= 0.6 is 0 Å². The van der Waals surface area contributed by atoms with Crippen LogP contribution in [0, 0.1) is 0 Å². The van der Waals surface area contributed by atoms with E-state index in [0.717, 1.165) is 0 Å². The average Bonchev–Trinajstić information content (AvgIpc) is 2.69. The van der Waals surface area contributed by atoms with Crippen LogP contribution in [0.2, 0.25) is 0 Å². The molecule has 0 atom stereocenters. The minimum absolute atomic E-state index is 1.34. The van der Waals surface area contributed by atoms with Gasteiger partial charge in [0.1, 0.15) is 0 Å². The Morgan fingerprint density at radius 1 is 1.00 bits per heavy atom. The van der Waals surface area contributed by atoms with E-state index in [2.05, 4.69) is 63.3 Å². The molecule has 84 valence electrons. The molecule has 0 heteroatoms. The zero-order chi connectivity index (χ0) is 12.0. The van der Waals surface area contributed by atoms with Gasteiger partial charge in [0.05, 0.1) is 0 Å². The van der Waals surface area contributed by atoms with Crippen molar-refractivity contribution in [2.24, 2.45) is 0 Å². The summed E-state index contributed by atoms with van der Waals surface area (Å²) in [5, 5.41) is 5.47. The fourth-order valence-electron chi connectivity index (χ4n) is 2.61. The van der Waals surface area contributed by atoms with Crippen LogP contribution < -0.4 is 10.4 Å². The SMILES string of the molecule is CC1=Cc2c(c(=C(C)C)cc3ccccc23)=C1. The molecule has 0 spiro atoms. The molecule has 3 rings (SSSR count). The number of benzene rings is 2. The van der Waals surface area contributed by atoms with Crippen molar-refractivity contribution in [2.75, 3.05) is 0 Å². The number of hydrogen-bond donors (Lipinski definition) is 0. The van der Waals surface area contributed by atoms with Gasteiger partial charge >= 0.3 is 0 Å². The number of rotatable bonds is 0. The van der Waals surface area contributed by atoms with Gasteiger partial charge in [-0.05, 0) is 59.2 Å². The number of hydrogen-bond acceptors (Lipinski definition) is 0. The molecule has 0 aliphatic heterocycles. The van der Waals surface area contributed by atoms with Crippen LogP contribution in [0.4, 0.5) is 0 Å². The molecule has 0 saturated carbocycles. The number of allylic oxidation sites excluding steroid dienone is 1. The Morgan fingerprint density at radius 3 is 2.53 bits per heavy atom. The minimum atomic E-state index is 1.34. The van der Waals surface area contributed by atoms with Gasteiger partial charge in [0.15, 0.2) is 0 Å². The second-order valence-electron chi connectivity index (χ2n) is 5.01. The standard InChI is InChI=1S/C17H16/c1-11(2)15-10-13-6-4-5-7-14(13)16-8-12(3)9-17(15)16/h4-10H,1-3H3. The largest absolute Gasteiger partial charge is 0.0685 e. The second-order valence-corrected chi connectivity index (χ2v) is 5.01.